The Labute approximate surface area is 80.5 Å². The molecule has 0 N–H and O–H groups in total. The van der Waals surface area contributed by atoms with Crippen molar-refractivity contribution in [2.75, 3.05) is 0 Å². The molecule has 0 saturated carbocycles. The van der Waals surface area contributed by atoms with E-state index in [1.54, 1.807) is 18.3 Å². The molecule has 4 heteroatoms. The van der Waals surface area contributed by atoms with Crippen molar-refractivity contribution in [2.24, 2.45) is 0 Å². The van der Waals surface area contributed by atoms with Crippen molar-refractivity contribution in [3.05, 3.63) is 45.9 Å². The molecule has 0 aromatic carbocycles. The standard InChI is InChI=1S/C9H7ClN2O/c1-7(10)6-12-4-2-3-8(5-11)9(12)13/h2-4H,1,6H2. The molecule has 0 bridgehead atoms. The fourth-order valence-corrected chi connectivity index (χ4v) is 1.06. The van der Waals surface area contributed by atoms with Gasteiger partial charge in [0.05, 0.1) is 6.54 Å². The highest BCUT2D eigenvalue weighted by Gasteiger charge is 2.01. The summed E-state index contributed by atoms with van der Waals surface area (Å²) in [4.78, 5) is 11.4. The fraction of sp³-hybridized carbons (Fsp3) is 0.111. The minimum atomic E-state index is -0.341. The number of hydrogen-bond donors (Lipinski definition) is 0. The van der Waals surface area contributed by atoms with Crippen molar-refractivity contribution >= 4 is 11.6 Å². The van der Waals surface area contributed by atoms with Gasteiger partial charge < -0.3 is 4.57 Å². The second kappa shape index (κ2) is 3.92. The number of rotatable bonds is 2. The van der Waals surface area contributed by atoms with Crippen molar-refractivity contribution in [1.29, 1.82) is 5.26 Å². The first kappa shape index (κ1) is 9.56. The van der Waals surface area contributed by atoms with Crippen LogP contribution in [0.15, 0.2) is 34.7 Å². The monoisotopic (exact) mass is 194 g/mol. The summed E-state index contributed by atoms with van der Waals surface area (Å²) in [7, 11) is 0. The van der Waals surface area contributed by atoms with Crippen LogP contribution in [0, 0.1) is 11.3 Å². The highest BCUT2D eigenvalue weighted by Crippen LogP contribution is 1.99. The molecule has 1 heterocycles. The molecule has 1 aromatic rings. The van der Waals surface area contributed by atoms with Gasteiger partial charge in [-0.1, -0.05) is 18.2 Å². The van der Waals surface area contributed by atoms with Gasteiger partial charge in [-0.25, -0.2) is 0 Å². The van der Waals surface area contributed by atoms with Crippen LogP contribution >= 0.6 is 11.6 Å². The number of halogens is 1. The van der Waals surface area contributed by atoms with E-state index in [-0.39, 0.29) is 17.7 Å². The molecule has 1 rings (SSSR count). The zero-order valence-electron chi connectivity index (χ0n) is 6.83. The number of nitriles is 1. The van der Waals surface area contributed by atoms with E-state index in [0.717, 1.165) is 0 Å². The third-order valence-electron chi connectivity index (χ3n) is 1.48. The summed E-state index contributed by atoms with van der Waals surface area (Å²) in [6.07, 6.45) is 1.57. The first-order valence-corrected chi connectivity index (χ1v) is 3.96. The predicted octanol–water partition coefficient (Wildman–Crippen LogP) is 1.47. The van der Waals surface area contributed by atoms with Gasteiger partial charge in [-0.2, -0.15) is 5.26 Å². The second-order valence-electron chi connectivity index (χ2n) is 2.48. The average Bonchev–Trinajstić information content (AvgIpc) is 2.08. The molecule has 66 valence electrons. The summed E-state index contributed by atoms with van der Waals surface area (Å²) in [6.45, 7) is 3.70. The van der Waals surface area contributed by atoms with Gasteiger partial charge in [0, 0.05) is 11.2 Å². The minimum absolute atomic E-state index is 0.111. The number of aromatic nitrogens is 1. The lowest BCUT2D eigenvalue weighted by molar-refractivity contribution is 0.768. The van der Waals surface area contributed by atoms with Crippen LogP contribution in [-0.4, -0.2) is 4.57 Å². The Hall–Kier alpha value is -1.53. The van der Waals surface area contributed by atoms with Crippen molar-refractivity contribution in [2.45, 2.75) is 6.54 Å². The van der Waals surface area contributed by atoms with E-state index in [4.69, 9.17) is 16.9 Å². The lowest BCUT2D eigenvalue weighted by atomic mass is 10.3. The summed E-state index contributed by atoms with van der Waals surface area (Å²) in [6, 6.07) is 4.90. The summed E-state index contributed by atoms with van der Waals surface area (Å²) in [5.41, 5.74) is -0.229. The quantitative estimate of drug-likeness (QED) is 0.716. The van der Waals surface area contributed by atoms with Crippen LogP contribution in [-0.2, 0) is 6.54 Å². The van der Waals surface area contributed by atoms with E-state index >= 15 is 0 Å². The molecule has 0 radical (unpaired) electrons. The molecule has 0 amide bonds. The Kier molecular flexibility index (Phi) is 2.88. The maximum absolute atomic E-state index is 11.4. The maximum Gasteiger partial charge on any atom is 0.268 e. The number of nitrogens with zero attached hydrogens (tertiary/aromatic N) is 2. The summed E-state index contributed by atoms with van der Waals surface area (Å²) < 4.78 is 1.34. The Morgan fingerprint density at radius 3 is 3.00 bits per heavy atom. The topological polar surface area (TPSA) is 45.8 Å². The zero-order valence-corrected chi connectivity index (χ0v) is 7.58. The molecule has 0 saturated heterocycles. The Balaban J connectivity index is 3.18. The van der Waals surface area contributed by atoms with Crippen molar-refractivity contribution < 1.29 is 0 Å². The van der Waals surface area contributed by atoms with Gasteiger partial charge in [0.15, 0.2) is 0 Å². The lowest BCUT2D eigenvalue weighted by Gasteiger charge is -2.02. The van der Waals surface area contributed by atoms with E-state index in [1.165, 1.54) is 10.6 Å². The fourth-order valence-electron chi connectivity index (χ4n) is 0.931. The summed E-state index contributed by atoms with van der Waals surface area (Å²) in [5.74, 6) is 0. The van der Waals surface area contributed by atoms with E-state index in [9.17, 15) is 4.79 Å². The third kappa shape index (κ3) is 2.20. The van der Waals surface area contributed by atoms with Gasteiger partial charge in [0.25, 0.3) is 5.56 Å². The van der Waals surface area contributed by atoms with E-state index < -0.39 is 0 Å². The molecule has 0 spiro atoms. The van der Waals surface area contributed by atoms with Crippen molar-refractivity contribution in [3.63, 3.8) is 0 Å². The molecule has 0 aliphatic rings. The number of pyridine rings is 1. The highest BCUT2D eigenvalue weighted by atomic mass is 35.5. The molecule has 0 aliphatic carbocycles. The second-order valence-corrected chi connectivity index (χ2v) is 3.02. The molecule has 1 aromatic heterocycles. The molecule has 0 atom stereocenters. The van der Waals surface area contributed by atoms with Crippen molar-refractivity contribution in [3.8, 4) is 6.07 Å². The highest BCUT2D eigenvalue weighted by molar-refractivity contribution is 6.29. The molecular weight excluding hydrogens is 188 g/mol. The van der Waals surface area contributed by atoms with Gasteiger partial charge in [0.1, 0.15) is 11.6 Å². The molecule has 13 heavy (non-hydrogen) atoms. The van der Waals surface area contributed by atoms with Crippen LogP contribution in [0.2, 0.25) is 0 Å². The minimum Gasteiger partial charge on any atom is -0.309 e. The molecule has 0 aliphatic heterocycles. The smallest absolute Gasteiger partial charge is 0.268 e. The molecule has 0 fully saturated rings. The zero-order chi connectivity index (χ0) is 9.84. The molecule has 3 nitrogen and oxygen atoms in total. The van der Waals surface area contributed by atoms with Crippen LogP contribution in [0.1, 0.15) is 5.56 Å². The van der Waals surface area contributed by atoms with Gasteiger partial charge in [-0.05, 0) is 12.1 Å². The third-order valence-corrected chi connectivity index (χ3v) is 1.60. The van der Waals surface area contributed by atoms with Crippen LogP contribution in [0.25, 0.3) is 0 Å². The first-order valence-electron chi connectivity index (χ1n) is 3.58. The molecular formula is C9H7ClN2O. The van der Waals surface area contributed by atoms with Gasteiger partial charge in [-0.15, -0.1) is 0 Å². The van der Waals surface area contributed by atoms with E-state index in [0.29, 0.717) is 5.03 Å². The van der Waals surface area contributed by atoms with Crippen LogP contribution in [0.4, 0.5) is 0 Å². The van der Waals surface area contributed by atoms with Crippen molar-refractivity contribution in [1.82, 2.24) is 4.57 Å². The SMILES string of the molecule is C=C(Cl)Cn1cccc(C#N)c1=O. The largest absolute Gasteiger partial charge is 0.309 e. The maximum atomic E-state index is 11.4. The summed E-state index contributed by atoms with van der Waals surface area (Å²) >= 11 is 5.54. The normalized spacial score (nSPS) is 9.23. The Morgan fingerprint density at radius 2 is 2.46 bits per heavy atom. The Bertz CT molecular complexity index is 428. The van der Waals surface area contributed by atoms with Gasteiger partial charge in [0.2, 0.25) is 0 Å². The van der Waals surface area contributed by atoms with Crippen LogP contribution in [0.3, 0.4) is 0 Å². The predicted molar refractivity (Wildman–Crippen MR) is 50.4 cm³/mol. The van der Waals surface area contributed by atoms with Gasteiger partial charge >= 0.3 is 0 Å². The first-order chi connectivity index (χ1) is 6.15. The van der Waals surface area contributed by atoms with E-state index in [1.807, 2.05) is 0 Å². The Morgan fingerprint density at radius 1 is 1.77 bits per heavy atom. The number of allylic oxidation sites excluding steroid dienone is 1. The van der Waals surface area contributed by atoms with Crippen LogP contribution < -0.4 is 5.56 Å². The molecule has 0 unspecified atom stereocenters. The average molecular weight is 195 g/mol. The van der Waals surface area contributed by atoms with Gasteiger partial charge in [-0.3, -0.25) is 4.79 Å². The van der Waals surface area contributed by atoms with E-state index in [2.05, 4.69) is 6.58 Å². The lowest BCUT2D eigenvalue weighted by Crippen LogP contribution is -2.21. The summed E-state index contributed by atoms with van der Waals surface area (Å²) in [5, 5.41) is 8.92. The number of hydrogen-bond acceptors (Lipinski definition) is 2. The van der Waals surface area contributed by atoms with Crippen LogP contribution in [0.5, 0.6) is 0 Å².